The van der Waals surface area contributed by atoms with E-state index in [1.807, 2.05) is 184 Å². The lowest BCUT2D eigenvalue weighted by Gasteiger charge is -2.37. The van der Waals surface area contributed by atoms with E-state index in [9.17, 15) is 39.0 Å². The van der Waals surface area contributed by atoms with Gasteiger partial charge in [0.25, 0.3) is 0 Å². The van der Waals surface area contributed by atoms with E-state index in [2.05, 4.69) is 5.32 Å². The Labute approximate surface area is 499 Å². The van der Waals surface area contributed by atoms with Crippen LogP contribution in [0.4, 0.5) is 4.79 Å². The molecule has 1 amide bonds. The van der Waals surface area contributed by atoms with Crippen molar-refractivity contribution in [3.05, 3.63) is 177 Å². The van der Waals surface area contributed by atoms with Gasteiger partial charge >= 0.3 is 6.09 Å². The maximum absolute atomic E-state index is 12.6. The van der Waals surface area contributed by atoms with Crippen LogP contribution >= 0.6 is 0 Å². The molecule has 0 radical (unpaired) electrons. The number of ketones is 5. The lowest BCUT2D eigenvalue weighted by atomic mass is 9.69. The van der Waals surface area contributed by atoms with Crippen molar-refractivity contribution in [3.63, 3.8) is 0 Å². The summed E-state index contributed by atoms with van der Waals surface area (Å²) in [7, 11) is 0. The molecule has 13 nitrogen and oxygen atoms in total. The molecule has 9 N–H and O–H groups in total. The number of amides is 1. The van der Waals surface area contributed by atoms with Crippen LogP contribution in [0, 0.1) is 34.6 Å². The van der Waals surface area contributed by atoms with Crippen molar-refractivity contribution in [1.82, 2.24) is 5.32 Å². The second kappa shape index (κ2) is 28.6. The van der Waals surface area contributed by atoms with Crippen LogP contribution in [0.3, 0.4) is 0 Å². The zero-order chi connectivity index (χ0) is 61.7. The van der Waals surface area contributed by atoms with Gasteiger partial charge in [-0.2, -0.15) is 0 Å². The number of hydrogen-bond donors (Lipinski definition) is 6. The Bertz CT molecular complexity index is 2890. The van der Waals surface area contributed by atoms with Gasteiger partial charge in [-0.15, -0.1) is 0 Å². The summed E-state index contributed by atoms with van der Waals surface area (Å²) in [6.45, 7) is 17.5. The fourth-order valence-electron chi connectivity index (χ4n) is 12.0. The van der Waals surface area contributed by atoms with Crippen LogP contribution in [0.15, 0.2) is 121 Å². The first-order valence-corrected chi connectivity index (χ1v) is 30.3. The topological polar surface area (TPSA) is 242 Å². The van der Waals surface area contributed by atoms with Gasteiger partial charge in [0.2, 0.25) is 0 Å². The molecule has 0 aromatic heterocycles. The number of nitrogens with one attached hydrogen (secondary N) is 1. The molecule has 5 aliphatic carbocycles. The fourth-order valence-corrected chi connectivity index (χ4v) is 12.0. The average Bonchev–Trinajstić information content (AvgIpc) is 3.17. The molecule has 5 fully saturated rings. The number of benzene rings is 5. The molecular weight excluding hydrogens is 1050 g/mol. The molecule has 5 aromatic rings. The zero-order valence-electron chi connectivity index (χ0n) is 51.4. The third-order valence-electron chi connectivity index (χ3n) is 17.6. The third-order valence-corrected chi connectivity index (χ3v) is 17.6. The molecule has 5 aromatic carbocycles. The van der Waals surface area contributed by atoms with Crippen LogP contribution in [-0.4, -0.2) is 63.0 Å². The van der Waals surface area contributed by atoms with Gasteiger partial charge in [0.1, 0.15) is 40.0 Å². The Morgan fingerprint density at radius 2 is 0.762 bits per heavy atom. The molecule has 1 unspecified atom stereocenters. The molecule has 0 saturated heterocycles. The van der Waals surface area contributed by atoms with Crippen LogP contribution < -0.4 is 22.5 Å². The van der Waals surface area contributed by atoms with Crippen molar-refractivity contribution in [2.75, 3.05) is 0 Å². The lowest BCUT2D eigenvalue weighted by molar-refractivity contribution is -0.136. The minimum atomic E-state index is -0.995. The van der Waals surface area contributed by atoms with E-state index in [0.717, 1.165) is 110 Å². The van der Waals surface area contributed by atoms with Crippen molar-refractivity contribution in [3.8, 4) is 0 Å². The largest absolute Gasteiger partial charge is 0.444 e. The first-order valence-electron chi connectivity index (χ1n) is 30.3. The van der Waals surface area contributed by atoms with Crippen LogP contribution in [0.2, 0.25) is 0 Å². The highest BCUT2D eigenvalue weighted by Crippen LogP contribution is 2.39. The quantitative estimate of drug-likeness (QED) is 0.0930. The summed E-state index contributed by atoms with van der Waals surface area (Å²) in [6, 6.07) is 39.5. The SMILES string of the molecule is Cc1ccc(C2(N)CCCCC2=O)cc1.Cc1ccc([C@]2(C)CCC[C@@H](O)C2=O)cc1.Cc1ccc([C@]2(N)CCCCC2=O)cc1.Cc1ccc([C@]2(N)CCC[C@@H](O)C2=O)cc1.Cc1ccc([C@]2(NC(=O)OC(C)(C)C)CCCCC2=O)cc1. The minimum absolute atomic E-state index is 0.0254. The maximum Gasteiger partial charge on any atom is 0.408 e. The fraction of sp³-hybridized carbons (Fsp3) is 0.493. The summed E-state index contributed by atoms with van der Waals surface area (Å²) in [4.78, 5) is 72.7. The van der Waals surface area contributed by atoms with Crippen molar-refractivity contribution >= 4 is 35.0 Å². The highest BCUT2D eigenvalue weighted by Gasteiger charge is 2.45. The van der Waals surface area contributed by atoms with Crippen LogP contribution in [0.5, 0.6) is 0 Å². The number of alkyl carbamates (subject to hydrolysis) is 1. The summed E-state index contributed by atoms with van der Waals surface area (Å²) in [5, 5.41) is 22.1. The van der Waals surface area contributed by atoms with Crippen molar-refractivity contribution in [2.24, 2.45) is 17.2 Å². The van der Waals surface area contributed by atoms with Gasteiger partial charge in [-0.1, -0.05) is 162 Å². The number of rotatable bonds is 6. The Morgan fingerprint density at radius 3 is 1.14 bits per heavy atom. The van der Waals surface area contributed by atoms with Crippen molar-refractivity contribution in [2.45, 2.75) is 223 Å². The van der Waals surface area contributed by atoms with Crippen LogP contribution in [0.25, 0.3) is 0 Å². The molecule has 13 heteroatoms. The van der Waals surface area contributed by atoms with Gasteiger partial charge in [-0.3, -0.25) is 24.0 Å². The summed E-state index contributed by atoms with van der Waals surface area (Å²) in [5.74, 6) is 0.175. The summed E-state index contributed by atoms with van der Waals surface area (Å²) >= 11 is 0. The summed E-state index contributed by atoms with van der Waals surface area (Å²) in [6.07, 6.45) is 11.9. The number of carbonyl (C=O) groups is 6. The number of ether oxygens (including phenoxy) is 1. The number of carbonyl (C=O) groups excluding carboxylic acids is 6. The highest BCUT2D eigenvalue weighted by molar-refractivity contribution is 5.95. The molecule has 452 valence electrons. The van der Waals surface area contributed by atoms with Gasteiger partial charge < -0.3 is 37.5 Å². The second-order valence-corrected chi connectivity index (χ2v) is 25.5. The van der Waals surface area contributed by atoms with Crippen LogP contribution in [0.1, 0.15) is 199 Å². The number of nitrogens with two attached hydrogens (primary N) is 3. The first kappa shape index (κ1) is 66.7. The van der Waals surface area contributed by atoms with Gasteiger partial charge in [0.05, 0.1) is 5.41 Å². The van der Waals surface area contributed by atoms with E-state index >= 15 is 0 Å². The minimum Gasteiger partial charge on any atom is -0.444 e. The average molecular weight is 1150 g/mol. The normalized spacial score (nSPS) is 27.0. The standard InChI is InChI=1S/C18H25NO3.C14H18O2.C13H17NO2.2C13H17NO/c1-13-8-10-14(11-9-13)18(12-6-5-7-15(18)20)19-16(21)22-17(2,3)4;1-10-5-7-11(8-6-10)14(2)9-3-4-12(15)13(14)16;1-9-4-6-10(7-5-9)13(14)8-2-3-11(15)12(13)16;2*1-10-5-7-11(8-6-10)13(14)9-3-2-4-12(13)15/h8-11H,5-7,12H2,1-4H3,(H,19,21);5-8,12,15H,3-4,9H2,1-2H3;4-7,11,15H,2-3,8,14H2,1H3;2*5-8H,2-4,9,14H2,1H3/t18-;12-,14+;11-,13-;13-;/m1111./s1. The van der Waals surface area contributed by atoms with E-state index in [-0.39, 0.29) is 28.9 Å². The van der Waals surface area contributed by atoms with E-state index in [4.69, 9.17) is 21.9 Å². The number of hydrogen-bond acceptors (Lipinski definition) is 12. The van der Waals surface area contributed by atoms with E-state index < -0.39 is 51.5 Å². The van der Waals surface area contributed by atoms with Crippen LogP contribution in [-0.2, 0) is 56.3 Å². The predicted octanol–water partition coefficient (Wildman–Crippen LogP) is 12.1. The lowest BCUT2D eigenvalue weighted by Crippen LogP contribution is -2.54. The Balaban J connectivity index is 0.000000170. The molecule has 0 spiro atoms. The second-order valence-electron chi connectivity index (χ2n) is 25.5. The highest BCUT2D eigenvalue weighted by atomic mass is 16.6. The van der Waals surface area contributed by atoms with Crippen molar-refractivity contribution in [1.29, 1.82) is 0 Å². The molecular formula is C71H94N4O9. The molecule has 5 aliphatic rings. The van der Waals surface area contributed by atoms with E-state index in [1.165, 1.54) is 16.7 Å². The Kier molecular flexibility index (Phi) is 22.7. The number of Topliss-reactive ketones (excluding diaryl/α,β-unsaturated/α-hetero) is 5. The molecule has 7 atom stereocenters. The van der Waals surface area contributed by atoms with Gasteiger partial charge in [0.15, 0.2) is 28.9 Å². The maximum atomic E-state index is 12.6. The molecule has 10 rings (SSSR count). The van der Waals surface area contributed by atoms with Gasteiger partial charge in [0, 0.05) is 19.3 Å². The summed E-state index contributed by atoms with van der Waals surface area (Å²) < 4.78 is 5.36. The first-order chi connectivity index (χ1) is 39.6. The van der Waals surface area contributed by atoms with E-state index in [0.29, 0.717) is 44.9 Å². The number of aryl methyl sites for hydroxylation is 5. The molecule has 0 aliphatic heterocycles. The summed E-state index contributed by atoms with van der Waals surface area (Å²) in [5.41, 5.74) is 24.6. The van der Waals surface area contributed by atoms with Gasteiger partial charge in [-0.25, -0.2) is 4.79 Å². The molecule has 0 bridgehead atoms. The molecule has 84 heavy (non-hydrogen) atoms. The van der Waals surface area contributed by atoms with E-state index in [1.54, 1.807) is 0 Å². The Morgan fingerprint density at radius 1 is 0.440 bits per heavy atom. The Hall–Kier alpha value is -6.48. The third kappa shape index (κ3) is 16.5. The molecule has 0 heterocycles. The monoisotopic (exact) mass is 1150 g/mol. The van der Waals surface area contributed by atoms with Crippen molar-refractivity contribution < 1.29 is 43.7 Å². The van der Waals surface area contributed by atoms with Gasteiger partial charge in [-0.05, 0) is 174 Å². The smallest absolute Gasteiger partial charge is 0.408 e. The predicted molar refractivity (Wildman–Crippen MR) is 332 cm³/mol. The molecule has 5 saturated carbocycles. The zero-order valence-corrected chi connectivity index (χ0v) is 51.4. The number of aliphatic hydroxyl groups excluding tert-OH is 2. The number of aliphatic hydroxyl groups is 2.